The number of rotatable bonds is 2. The maximum Gasteiger partial charge on any atom is 0.295 e. The molecule has 128 valence electrons. The van der Waals surface area contributed by atoms with Gasteiger partial charge in [-0.3, -0.25) is 9.11 Å². The maximum atomic E-state index is 11.7. The molecule has 0 atom stereocenters. The summed E-state index contributed by atoms with van der Waals surface area (Å²) in [5, 5.41) is 2.48. The van der Waals surface area contributed by atoms with Crippen LogP contribution >= 0.6 is 0 Å². The third-order valence-corrected chi connectivity index (χ3v) is 6.10. The SMILES string of the molecule is Nc1cc(S(=O)(=O)O)c2ccc3c(S(=O)(=O)O)ccc4ccc1c2c43. The number of hydrogen-bond acceptors (Lipinski definition) is 5. The Labute approximate surface area is 142 Å². The fraction of sp³-hybridized carbons (Fsp3) is 0. The van der Waals surface area contributed by atoms with Crippen molar-refractivity contribution in [2.75, 3.05) is 5.73 Å². The first kappa shape index (κ1) is 16.0. The lowest BCUT2D eigenvalue weighted by atomic mass is 9.93. The minimum absolute atomic E-state index is 0.131. The molecule has 4 rings (SSSR count). The van der Waals surface area contributed by atoms with Gasteiger partial charge in [-0.1, -0.05) is 30.3 Å². The molecule has 4 aromatic rings. The van der Waals surface area contributed by atoms with E-state index in [1.54, 1.807) is 12.1 Å². The Balaban J connectivity index is 2.39. The molecule has 0 spiro atoms. The van der Waals surface area contributed by atoms with E-state index in [4.69, 9.17) is 5.73 Å². The van der Waals surface area contributed by atoms with E-state index in [0.29, 0.717) is 21.5 Å². The maximum absolute atomic E-state index is 11.7. The smallest absolute Gasteiger partial charge is 0.295 e. The van der Waals surface area contributed by atoms with Crippen molar-refractivity contribution in [3.8, 4) is 0 Å². The van der Waals surface area contributed by atoms with E-state index < -0.39 is 20.2 Å². The van der Waals surface area contributed by atoms with Gasteiger partial charge in [-0.25, -0.2) is 0 Å². The average Bonchev–Trinajstić information content (AvgIpc) is 2.51. The van der Waals surface area contributed by atoms with Crippen molar-refractivity contribution in [2.24, 2.45) is 0 Å². The summed E-state index contributed by atoms with van der Waals surface area (Å²) in [5.74, 6) is 0. The highest BCUT2D eigenvalue weighted by Gasteiger charge is 2.22. The molecule has 0 aromatic heterocycles. The van der Waals surface area contributed by atoms with Gasteiger partial charge in [0.2, 0.25) is 0 Å². The van der Waals surface area contributed by atoms with Crippen LogP contribution in [-0.4, -0.2) is 25.9 Å². The van der Waals surface area contributed by atoms with Crippen molar-refractivity contribution in [3.05, 3.63) is 42.5 Å². The van der Waals surface area contributed by atoms with Crippen LogP contribution in [0.3, 0.4) is 0 Å². The average molecular weight is 377 g/mol. The molecule has 25 heavy (non-hydrogen) atoms. The first-order chi connectivity index (χ1) is 11.6. The Kier molecular flexibility index (Phi) is 3.07. The highest BCUT2D eigenvalue weighted by Crippen LogP contribution is 2.41. The van der Waals surface area contributed by atoms with Crippen LogP contribution < -0.4 is 5.73 Å². The van der Waals surface area contributed by atoms with Crippen molar-refractivity contribution in [1.82, 2.24) is 0 Å². The summed E-state index contributed by atoms with van der Waals surface area (Å²) in [7, 11) is -9.01. The van der Waals surface area contributed by atoms with E-state index in [1.807, 2.05) is 0 Å². The molecule has 0 aliphatic carbocycles. The highest BCUT2D eigenvalue weighted by molar-refractivity contribution is 7.86. The summed E-state index contributed by atoms with van der Waals surface area (Å²) >= 11 is 0. The molecule has 0 aliphatic rings. The van der Waals surface area contributed by atoms with E-state index in [9.17, 15) is 25.9 Å². The second-order valence-electron chi connectivity index (χ2n) is 5.72. The summed E-state index contributed by atoms with van der Waals surface area (Å²) in [6, 6.07) is 10.2. The van der Waals surface area contributed by atoms with E-state index in [0.717, 1.165) is 0 Å². The second kappa shape index (κ2) is 4.79. The van der Waals surface area contributed by atoms with Gasteiger partial charge in [-0.2, -0.15) is 16.8 Å². The standard InChI is InChI=1S/C16H11NO6S2/c17-12-7-14(25(21,22)23)11-5-4-10-13(24(18,19)20)6-2-8-1-3-9(12)16(11)15(8)10/h1-7H,17H2,(H,18,19,20)(H,21,22,23). The summed E-state index contributed by atoms with van der Waals surface area (Å²) < 4.78 is 65.8. The fourth-order valence-electron chi connectivity index (χ4n) is 3.30. The predicted octanol–water partition coefficient (Wildman–Crippen LogP) is 2.66. The Hall–Kier alpha value is -2.46. The van der Waals surface area contributed by atoms with Crippen LogP contribution in [0.4, 0.5) is 5.69 Å². The normalized spacial score (nSPS) is 13.2. The number of nitrogen functional groups attached to an aromatic ring is 1. The Morgan fingerprint density at radius 2 is 1.20 bits per heavy atom. The monoisotopic (exact) mass is 377 g/mol. The summed E-state index contributed by atoms with van der Waals surface area (Å²) in [5.41, 5.74) is 6.08. The molecular weight excluding hydrogens is 366 g/mol. The van der Waals surface area contributed by atoms with Crippen molar-refractivity contribution < 1.29 is 25.9 Å². The number of anilines is 1. The van der Waals surface area contributed by atoms with Gasteiger partial charge in [-0.05, 0) is 22.9 Å². The molecule has 0 amide bonds. The first-order valence-corrected chi connectivity index (χ1v) is 9.92. The summed E-state index contributed by atoms with van der Waals surface area (Å²) in [4.78, 5) is -0.644. The van der Waals surface area contributed by atoms with Gasteiger partial charge in [0.1, 0.15) is 9.79 Å². The third kappa shape index (κ3) is 2.24. The Bertz CT molecular complexity index is 1390. The quantitative estimate of drug-likeness (QED) is 0.278. The van der Waals surface area contributed by atoms with Gasteiger partial charge in [0, 0.05) is 27.2 Å². The van der Waals surface area contributed by atoms with E-state index in [1.165, 1.54) is 30.3 Å². The zero-order valence-corrected chi connectivity index (χ0v) is 14.1. The second-order valence-corrected chi connectivity index (χ2v) is 8.50. The number of hydrogen-bond donors (Lipinski definition) is 3. The first-order valence-electron chi connectivity index (χ1n) is 7.04. The number of benzene rings is 4. The van der Waals surface area contributed by atoms with Gasteiger partial charge >= 0.3 is 0 Å². The van der Waals surface area contributed by atoms with Crippen molar-refractivity contribution in [3.63, 3.8) is 0 Å². The zero-order valence-electron chi connectivity index (χ0n) is 12.5. The van der Waals surface area contributed by atoms with E-state index >= 15 is 0 Å². The summed E-state index contributed by atoms with van der Waals surface area (Å²) in [6.45, 7) is 0. The van der Waals surface area contributed by atoms with Gasteiger partial charge in [0.15, 0.2) is 0 Å². The van der Waals surface area contributed by atoms with E-state index in [2.05, 4.69) is 0 Å². The zero-order chi connectivity index (χ0) is 18.1. The Morgan fingerprint density at radius 3 is 1.80 bits per heavy atom. The van der Waals surface area contributed by atoms with Gasteiger partial charge < -0.3 is 5.73 Å². The molecular formula is C16H11NO6S2. The van der Waals surface area contributed by atoms with Crippen LogP contribution in [0, 0.1) is 0 Å². The van der Waals surface area contributed by atoms with Crippen LogP contribution in [0.25, 0.3) is 32.3 Å². The molecule has 4 aromatic carbocycles. The minimum Gasteiger partial charge on any atom is -0.398 e. The van der Waals surface area contributed by atoms with Gasteiger partial charge in [-0.15, -0.1) is 0 Å². The minimum atomic E-state index is -4.54. The van der Waals surface area contributed by atoms with Gasteiger partial charge in [0.25, 0.3) is 20.2 Å². The molecule has 7 nitrogen and oxygen atoms in total. The number of nitrogens with two attached hydrogens (primary N) is 1. The van der Waals surface area contributed by atoms with Crippen LogP contribution in [0.1, 0.15) is 0 Å². The molecule has 0 bridgehead atoms. The van der Waals surface area contributed by atoms with Crippen LogP contribution in [0.15, 0.2) is 52.3 Å². The van der Waals surface area contributed by atoms with Crippen LogP contribution in [0.2, 0.25) is 0 Å². The molecule has 0 unspecified atom stereocenters. The molecule has 0 aliphatic heterocycles. The lowest BCUT2D eigenvalue weighted by Gasteiger charge is -2.15. The molecule has 0 saturated carbocycles. The summed E-state index contributed by atoms with van der Waals surface area (Å²) in [6.07, 6.45) is 0. The molecule has 4 N–H and O–H groups in total. The van der Waals surface area contributed by atoms with Crippen molar-refractivity contribution in [1.29, 1.82) is 0 Å². The van der Waals surface area contributed by atoms with Crippen LogP contribution in [0.5, 0.6) is 0 Å². The Morgan fingerprint density at radius 1 is 0.680 bits per heavy atom. The lowest BCUT2D eigenvalue weighted by molar-refractivity contribution is 0.482. The van der Waals surface area contributed by atoms with Crippen molar-refractivity contribution in [2.45, 2.75) is 9.79 Å². The fourth-order valence-corrected chi connectivity index (χ4v) is 4.71. The van der Waals surface area contributed by atoms with Gasteiger partial charge in [0.05, 0.1) is 0 Å². The van der Waals surface area contributed by atoms with Crippen molar-refractivity contribution >= 4 is 58.2 Å². The molecule has 0 saturated heterocycles. The highest BCUT2D eigenvalue weighted by atomic mass is 32.2. The lowest BCUT2D eigenvalue weighted by Crippen LogP contribution is -2.03. The van der Waals surface area contributed by atoms with E-state index in [-0.39, 0.29) is 26.3 Å². The molecule has 0 radical (unpaired) electrons. The molecule has 9 heteroatoms. The predicted molar refractivity (Wildman–Crippen MR) is 94.2 cm³/mol. The topological polar surface area (TPSA) is 135 Å². The molecule has 0 heterocycles. The third-order valence-electron chi connectivity index (χ3n) is 4.29. The molecule has 0 fully saturated rings. The van der Waals surface area contributed by atoms with Crippen LogP contribution in [-0.2, 0) is 20.2 Å². The largest absolute Gasteiger partial charge is 0.398 e.